The summed E-state index contributed by atoms with van der Waals surface area (Å²) in [6, 6.07) is 6.61. The Morgan fingerprint density at radius 2 is 2.00 bits per heavy atom. The zero-order valence-electron chi connectivity index (χ0n) is 9.83. The van der Waals surface area contributed by atoms with Crippen molar-refractivity contribution < 1.29 is 0 Å². The molecule has 0 saturated heterocycles. The molecule has 2 aromatic rings. The molecule has 80 valence electrons. The highest BCUT2D eigenvalue weighted by atomic mass is 14.9. The van der Waals surface area contributed by atoms with Gasteiger partial charge in [0, 0.05) is 31.4 Å². The maximum Gasteiger partial charge on any atom is 0.0514 e. The van der Waals surface area contributed by atoms with Crippen LogP contribution < -0.4 is 5.32 Å². The molecule has 0 radical (unpaired) electrons. The van der Waals surface area contributed by atoms with Crippen molar-refractivity contribution in [1.29, 1.82) is 0 Å². The first-order valence-corrected chi connectivity index (χ1v) is 5.40. The summed E-state index contributed by atoms with van der Waals surface area (Å²) in [6.07, 6.45) is 2.12. The lowest BCUT2D eigenvalue weighted by atomic mass is 9.99. The number of rotatable bonds is 2. The molecular formula is C13H18N2. The van der Waals surface area contributed by atoms with E-state index in [4.69, 9.17) is 0 Å². The largest absolute Gasteiger partial charge is 0.388 e. The first kappa shape index (κ1) is 10.1. The summed E-state index contributed by atoms with van der Waals surface area (Å²) in [5, 5.41) is 4.53. The van der Waals surface area contributed by atoms with Crippen LogP contribution in [0.1, 0.15) is 25.3 Å². The van der Waals surface area contributed by atoms with Crippen molar-refractivity contribution in [2.75, 3.05) is 12.4 Å². The fourth-order valence-corrected chi connectivity index (χ4v) is 2.07. The highest BCUT2D eigenvalue weighted by Gasteiger charge is 2.09. The van der Waals surface area contributed by atoms with E-state index in [1.165, 1.54) is 22.2 Å². The molecule has 2 heteroatoms. The predicted molar refractivity (Wildman–Crippen MR) is 66.6 cm³/mol. The molecule has 15 heavy (non-hydrogen) atoms. The summed E-state index contributed by atoms with van der Waals surface area (Å²) in [5.74, 6) is 0.550. The van der Waals surface area contributed by atoms with Gasteiger partial charge in [-0.15, -0.1) is 0 Å². The van der Waals surface area contributed by atoms with E-state index in [-0.39, 0.29) is 0 Å². The number of hydrogen-bond acceptors (Lipinski definition) is 1. The van der Waals surface area contributed by atoms with E-state index in [9.17, 15) is 0 Å². The van der Waals surface area contributed by atoms with Gasteiger partial charge in [-0.05, 0) is 29.7 Å². The second-order valence-electron chi connectivity index (χ2n) is 4.33. The van der Waals surface area contributed by atoms with Crippen LogP contribution in [0.3, 0.4) is 0 Å². The lowest BCUT2D eigenvalue weighted by Crippen LogP contribution is -1.97. The highest BCUT2D eigenvalue weighted by Crippen LogP contribution is 2.29. The van der Waals surface area contributed by atoms with E-state index >= 15 is 0 Å². The Labute approximate surface area is 90.9 Å². The second kappa shape index (κ2) is 3.61. The van der Waals surface area contributed by atoms with Crippen molar-refractivity contribution in [3.63, 3.8) is 0 Å². The van der Waals surface area contributed by atoms with Crippen LogP contribution in [0.4, 0.5) is 5.69 Å². The molecule has 0 fully saturated rings. The molecule has 0 aliphatic heterocycles. The standard InChI is InChI=1S/C13H18N2/c1-9(2)12-8-11(14-3)7-10-5-6-15(4)13(10)12/h5-9,14H,1-4H3. The van der Waals surface area contributed by atoms with E-state index in [1.54, 1.807) is 0 Å². The zero-order chi connectivity index (χ0) is 11.0. The van der Waals surface area contributed by atoms with Gasteiger partial charge in [-0.25, -0.2) is 0 Å². The number of nitrogens with zero attached hydrogens (tertiary/aromatic N) is 1. The molecule has 1 heterocycles. The SMILES string of the molecule is CNc1cc(C(C)C)c2c(ccn2C)c1. The van der Waals surface area contributed by atoms with Crippen LogP contribution in [0.15, 0.2) is 24.4 Å². The number of nitrogens with one attached hydrogen (secondary N) is 1. The van der Waals surface area contributed by atoms with Crippen LogP contribution in [0.5, 0.6) is 0 Å². The third-order valence-corrected chi connectivity index (χ3v) is 2.91. The molecule has 2 rings (SSSR count). The maximum atomic E-state index is 3.21. The average molecular weight is 202 g/mol. The van der Waals surface area contributed by atoms with Gasteiger partial charge in [0.25, 0.3) is 0 Å². The fourth-order valence-electron chi connectivity index (χ4n) is 2.07. The van der Waals surface area contributed by atoms with Gasteiger partial charge in [0.2, 0.25) is 0 Å². The van der Waals surface area contributed by atoms with Gasteiger partial charge in [0.15, 0.2) is 0 Å². The quantitative estimate of drug-likeness (QED) is 0.790. The van der Waals surface area contributed by atoms with Gasteiger partial charge in [0.1, 0.15) is 0 Å². The smallest absolute Gasteiger partial charge is 0.0514 e. The van der Waals surface area contributed by atoms with Crippen molar-refractivity contribution in [3.8, 4) is 0 Å². The minimum absolute atomic E-state index is 0.550. The maximum absolute atomic E-state index is 3.21. The van der Waals surface area contributed by atoms with Gasteiger partial charge >= 0.3 is 0 Å². The molecule has 0 bridgehead atoms. The predicted octanol–water partition coefficient (Wildman–Crippen LogP) is 3.34. The van der Waals surface area contributed by atoms with Gasteiger partial charge in [-0.2, -0.15) is 0 Å². The van der Waals surface area contributed by atoms with Gasteiger partial charge in [-0.1, -0.05) is 13.8 Å². The van der Waals surface area contributed by atoms with Crippen molar-refractivity contribution in [2.45, 2.75) is 19.8 Å². The molecule has 1 N–H and O–H groups in total. The molecule has 0 unspecified atom stereocenters. The lowest BCUT2D eigenvalue weighted by molar-refractivity contribution is 0.857. The number of aromatic nitrogens is 1. The van der Waals surface area contributed by atoms with Crippen LogP contribution in [0, 0.1) is 0 Å². The number of benzene rings is 1. The number of aryl methyl sites for hydroxylation is 1. The molecule has 0 atom stereocenters. The highest BCUT2D eigenvalue weighted by molar-refractivity contribution is 5.87. The van der Waals surface area contributed by atoms with Crippen LogP contribution >= 0.6 is 0 Å². The molecule has 1 aromatic carbocycles. The summed E-state index contributed by atoms with van der Waals surface area (Å²) in [4.78, 5) is 0. The molecular weight excluding hydrogens is 184 g/mol. The van der Waals surface area contributed by atoms with Crippen LogP contribution in [0.2, 0.25) is 0 Å². The van der Waals surface area contributed by atoms with Crippen LogP contribution in [-0.4, -0.2) is 11.6 Å². The molecule has 0 spiro atoms. The molecule has 0 amide bonds. The first-order chi connectivity index (χ1) is 7.13. The van der Waals surface area contributed by atoms with E-state index < -0.39 is 0 Å². The monoisotopic (exact) mass is 202 g/mol. The van der Waals surface area contributed by atoms with Gasteiger partial charge in [-0.3, -0.25) is 0 Å². The molecule has 0 aliphatic rings. The number of fused-ring (bicyclic) bond motifs is 1. The minimum Gasteiger partial charge on any atom is -0.388 e. The van der Waals surface area contributed by atoms with E-state index in [1.807, 2.05) is 7.05 Å². The lowest BCUT2D eigenvalue weighted by Gasteiger charge is -2.12. The van der Waals surface area contributed by atoms with Crippen LogP contribution in [-0.2, 0) is 7.05 Å². The Hall–Kier alpha value is -1.44. The van der Waals surface area contributed by atoms with E-state index in [0.29, 0.717) is 5.92 Å². The zero-order valence-corrected chi connectivity index (χ0v) is 9.83. The van der Waals surface area contributed by atoms with Gasteiger partial charge in [0.05, 0.1) is 5.52 Å². The van der Waals surface area contributed by atoms with Crippen molar-refractivity contribution in [3.05, 3.63) is 30.0 Å². The molecule has 2 nitrogen and oxygen atoms in total. The average Bonchev–Trinajstić information content (AvgIpc) is 2.59. The van der Waals surface area contributed by atoms with Crippen molar-refractivity contribution in [1.82, 2.24) is 4.57 Å². The number of anilines is 1. The summed E-state index contributed by atoms with van der Waals surface area (Å²) in [6.45, 7) is 4.47. The summed E-state index contributed by atoms with van der Waals surface area (Å²) in [7, 11) is 4.07. The Balaban J connectivity index is 2.77. The van der Waals surface area contributed by atoms with E-state index in [0.717, 1.165) is 0 Å². The van der Waals surface area contributed by atoms with Crippen molar-refractivity contribution >= 4 is 16.6 Å². The Morgan fingerprint density at radius 3 is 2.60 bits per heavy atom. The van der Waals surface area contributed by atoms with Crippen LogP contribution in [0.25, 0.3) is 10.9 Å². The molecule has 0 saturated carbocycles. The summed E-state index contributed by atoms with van der Waals surface area (Å²) < 4.78 is 2.20. The Bertz CT molecular complexity index is 480. The first-order valence-electron chi connectivity index (χ1n) is 5.40. The van der Waals surface area contributed by atoms with E-state index in [2.05, 4.69) is 55.2 Å². The number of hydrogen-bond donors (Lipinski definition) is 1. The Kier molecular flexibility index (Phi) is 2.43. The summed E-state index contributed by atoms with van der Waals surface area (Å²) >= 11 is 0. The molecule has 0 aliphatic carbocycles. The normalized spacial score (nSPS) is 11.3. The third-order valence-electron chi connectivity index (χ3n) is 2.91. The molecule has 1 aromatic heterocycles. The minimum atomic E-state index is 0.550. The third kappa shape index (κ3) is 1.60. The second-order valence-corrected chi connectivity index (χ2v) is 4.33. The fraction of sp³-hybridized carbons (Fsp3) is 0.385. The van der Waals surface area contributed by atoms with Crippen molar-refractivity contribution in [2.24, 2.45) is 7.05 Å². The summed E-state index contributed by atoms with van der Waals surface area (Å²) in [5.41, 5.74) is 3.95. The Morgan fingerprint density at radius 1 is 1.27 bits per heavy atom. The topological polar surface area (TPSA) is 17.0 Å². The van der Waals surface area contributed by atoms with Gasteiger partial charge < -0.3 is 9.88 Å².